The zero-order valence-corrected chi connectivity index (χ0v) is 19.7. The first-order valence-electron chi connectivity index (χ1n) is 11.6. The average molecular weight is 490 g/mol. The Labute approximate surface area is 205 Å². The lowest BCUT2D eigenvalue weighted by atomic mass is 10.1. The molecule has 0 unspecified atom stereocenters. The number of halogens is 2. The summed E-state index contributed by atoms with van der Waals surface area (Å²) in [5.74, 6) is -3.02. The highest BCUT2D eigenvalue weighted by molar-refractivity contribution is 6.10. The number of hydrogen-bond acceptors (Lipinski definition) is 5. The summed E-state index contributed by atoms with van der Waals surface area (Å²) in [5.41, 5.74) is 3.80. The van der Waals surface area contributed by atoms with Crippen LogP contribution < -0.4 is 16.0 Å². The van der Waals surface area contributed by atoms with Crippen LogP contribution in [0.4, 0.5) is 31.8 Å². The Kier molecular flexibility index (Phi) is 6.01. The lowest BCUT2D eigenvalue weighted by molar-refractivity contribution is 0.0182. The van der Waals surface area contributed by atoms with Gasteiger partial charge >= 0.3 is 0 Å². The van der Waals surface area contributed by atoms with Crippen LogP contribution in [0.15, 0.2) is 60.8 Å². The van der Waals surface area contributed by atoms with E-state index in [0.717, 1.165) is 24.2 Å². The van der Waals surface area contributed by atoms with Crippen molar-refractivity contribution >= 4 is 50.9 Å². The number of imidazole rings is 1. The number of benzene rings is 3. The number of aromatic nitrogens is 4. The highest BCUT2D eigenvalue weighted by atomic mass is 19.3. The standard InChI is InChI=1S/C26H25F2N7O/c1-3-10-29-21-13-23-22(33-25(34-23)32-19-7-5-4-6-18(19)26(2,27)28)12-17(21)24(36)31-16-9-8-15-14-30-35-20(15)11-16/h4-9,11-14,29H,3,10H2,1-2H3,(H,30,35)(H,31,36)(H2,32,33,34). The zero-order valence-electron chi connectivity index (χ0n) is 19.7. The third kappa shape index (κ3) is 4.70. The number of aromatic amines is 2. The van der Waals surface area contributed by atoms with Crippen molar-refractivity contribution in [3.05, 3.63) is 71.9 Å². The Balaban J connectivity index is 1.47. The average Bonchev–Trinajstić information content (AvgIpc) is 3.47. The number of rotatable bonds is 8. The minimum absolute atomic E-state index is 0.134. The van der Waals surface area contributed by atoms with Crippen molar-refractivity contribution in [1.82, 2.24) is 20.2 Å². The third-order valence-corrected chi connectivity index (χ3v) is 5.78. The summed E-state index contributed by atoms with van der Waals surface area (Å²) in [6.07, 6.45) is 2.58. The van der Waals surface area contributed by atoms with Crippen molar-refractivity contribution in [2.24, 2.45) is 0 Å². The number of anilines is 4. The fourth-order valence-electron chi connectivity index (χ4n) is 4.03. The molecule has 5 aromatic rings. The van der Waals surface area contributed by atoms with E-state index >= 15 is 0 Å². The van der Waals surface area contributed by atoms with Gasteiger partial charge in [0.05, 0.1) is 34.0 Å². The van der Waals surface area contributed by atoms with Gasteiger partial charge in [-0.3, -0.25) is 9.89 Å². The van der Waals surface area contributed by atoms with Crippen LogP contribution in [-0.4, -0.2) is 32.6 Å². The van der Waals surface area contributed by atoms with Gasteiger partial charge in [0.1, 0.15) is 0 Å². The number of nitrogens with one attached hydrogen (secondary N) is 5. The highest BCUT2D eigenvalue weighted by Crippen LogP contribution is 2.34. The first kappa shape index (κ1) is 23.3. The van der Waals surface area contributed by atoms with E-state index in [2.05, 4.69) is 36.1 Å². The number of para-hydroxylation sites is 1. The van der Waals surface area contributed by atoms with Gasteiger partial charge in [-0.15, -0.1) is 0 Å². The number of amides is 1. The van der Waals surface area contributed by atoms with Crippen LogP contribution in [0.25, 0.3) is 21.9 Å². The lowest BCUT2D eigenvalue weighted by Gasteiger charge is -2.15. The maximum absolute atomic E-state index is 14.1. The third-order valence-electron chi connectivity index (χ3n) is 5.78. The van der Waals surface area contributed by atoms with E-state index in [1.165, 1.54) is 6.07 Å². The van der Waals surface area contributed by atoms with Crippen molar-refractivity contribution in [2.45, 2.75) is 26.2 Å². The number of carbonyl (C=O) groups excluding carboxylic acids is 1. The second kappa shape index (κ2) is 9.29. The smallest absolute Gasteiger partial charge is 0.272 e. The monoisotopic (exact) mass is 489 g/mol. The second-order valence-corrected chi connectivity index (χ2v) is 8.61. The molecule has 5 rings (SSSR count). The predicted octanol–water partition coefficient (Wildman–Crippen LogP) is 6.37. The summed E-state index contributed by atoms with van der Waals surface area (Å²) in [7, 11) is 0. The Morgan fingerprint density at radius 1 is 1.06 bits per heavy atom. The number of nitrogens with zero attached hydrogens (tertiary/aromatic N) is 2. The molecular weight excluding hydrogens is 464 g/mol. The quantitative estimate of drug-likeness (QED) is 0.174. The van der Waals surface area contributed by atoms with Crippen LogP contribution in [0.3, 0.4) is 0 Å². The van der Waals surface area contributed by atoms with Gasteiger partial charge in [0.15, 0.2) is 0 Å². The van der Waals surface area contributed by atoms with Gasteiger partial charge in [-0.25, -0.2) is 13.8 Å². The first-order chi connectivity index (χ1) is 17.3. The minimum atomic E-state index is -3.02. The number of H-pyrrole nitrogens is 2. The predicted molar refractivity (Wildman–Crippen MR) is 138 cm³/mol. The van der Waals surface area contributed by atoms with Gasteiger partial charge in [-0.2, -0.15) is 5.10 Å². The largest absolute Gasteiger partial charge is 0.384 e. The lowest BCUT2D eigenvalue weighted by Crippen LogP contribution is -2.15. The fourth-order valence-corrected chi connectivity index (χ4v) is 4.03. The van der Waals surface area contributed by atoms with Gasteiger partial charge in [0, 0.05) is 35.8 Å². The van der Waals surface area contributed by atoms with E-state index in [-0.39, 0.29) is 17.2 Å². The van der Waals surface area contributed by atoms with Crippen molar-refractivity contribution < 1.29 is 13.6 Å². The first-order valence-corrected chi connectivity index (χ1v) is 11.6. The van der Waals surface area contributed by atoms with Crippen LogP contribution in [0, 0.1) is 0 Å². The molecule has 0 spiro atoms. The van der Waals surface area contributed by atoms with E-state index in [9.17, 15) is 13.6 Å². The van der Waals surface area contributed by atoms with E-state index in [1.807, 2.05) is 25.1 Å². The van der Waals surface area contributed by atoms with E-state index < -0.39 is 5.92 Å². The van der Waals surface area contributed by atoms with Gasteiger partial charge in [-0.05, 0) is 42.8 Å². The summed E-state index contributed by atoms with van der Waals surface area (Å²) < 4.78 is 28.1. The van der Waals surface area contributed by atoms with Crippen LogP contribution in [-0.2, 0) is 5.92 Å². The van der Waals surface area contributed by atoms with E-state index in [4.69, 9.17) is 0 Å². The summed E-state index contributed by atoms with van der Waals surface area (Å²) in [5, 5.41) is 17.0. The normalized spacial score (nSPS) is 11.7. The molecule has 2 aromatic heterocycles. The molecule has 2 heterocycles. The van der Waals surface area contributed by atoms with Crippen LogP contribution in [0.2, 0.25) is 0 Å². The molecule has 36 heavy (non-hydrogen) atoms. The molecule has 8 nitrogen and oxygen atoms in total. The minimum Gasteiger partial charge on any atom is -0.384 e. The van der Waals surface area contributed by atoms with Crippen LogP contribution in [0.1, 0.15) is 36.2 Å². The van der Waals surface area contributed by atoms with Crippen LogP contribution >= 0.6 is 0 Å². The molecule has 0 fully saturated rings. The van der Waals surface area contributed by atoms with Gasteiger partial charge in [-0.1, -0.05) is 25.1 Å². The molecule has 0 bridgehead atoms. The van der Waals surface area contributed by atoms with Gasteiger partial charge < -0.3 is 20.9 Å². The fraction of sp³-hybridized carbons (Fsp3) is 0.192. The van der Waals surface area contributed by atoms with Crippen molar-refractivity contribution in [3.8, 4) is 0 Å². The van der Waals surface area contributed by atoms with E-state index in [1.54, 1.807) is 36.5 Å². The molecule has 184 valence electrons. The van der Waals surface area contributed by atoms with Crippen LogP contribution in [0.5, 0.6) is 0 Å². The summed E-state index contributed by atoms with van der Waals surface area (Å²) in [4.78, 5) is 20.9. The second-order valence-electron chi connectivity index (χ2n) is 8.61. The van der Waals surface area contributed by atoms with E-state index in [0.29, 0.717) is 40.5 Å². The molecule has 0 saturated carbocycles. The molecule has 10 heteroatoms. The number of fused-ring (bicyclic) bond motifs is 2. The maximum atomic E-state index is 14.1. The maximum Gasteiger partial charge on any atom is 0.272 e. The van der Waals surface area contributed by atoms with Gasteiger partial charge in [0.25, 0.3) is 11.8 Å². The molecule has 3 aromatic carbocycles. The molecule has 0 radical (unpaired) electrons. The Morgan fingerprint density at radius 2 is 1.89 bits per heavy atom. The molecule has 1 amide bonds. The Bertz CT molecular complexity index is 1550. The number of alkyl halides is 2. The molecular formula is C26H25F2N7O. The van der Waals surface area contributed by atoms with Crippen molar-refractivity contribution in [1.29, 1.82) is 0 Å². The topological polar surface area (TPSA) is 111 Å². The molecule has 0 aliphatic carbocycles. The summed E-state index contributed by atoms with van der Waals surface area (Å²) >= 11 is 0. The summed E-state index contributed by atoms with van der Waals surface area (Å²) in [6.45, 7) is 3.55. The van der Waals surface area contributed by atoms with Crippen molar-refractivity contribution in [3.63, 3.8) is 0 Å². The van der Waals surface area contributed by atoms with Crippen molar-refractivity contribution in [2.75, 3.05) is 22.5 Å². The molecule has 0 aliphatic heterocycles. The molecule has 0 saturated heterocycles. The molecule has 0 aliphatic rings. The highest BCUT2D eigenvalue weighted by Gasteiger charge is 2.27. The Hall–Kier alpha value is -4.47. The summed E-state index contributed by atoms with van der Waals surface area (Å²) in [6, 6.07) is 15.2. The molecule has 5 N–H and O–H groups in total. The Morgan fingerprint density at radius 3 is 2.69 bits per heavy atom. The molecule has 0 atom stereocenters. The van der Waals surface area contributed by atoms with Gasteiger partial charge in [0.2, 0.25) is 5.95 Å². The number of hydrogen-bond donors (Lipinski definition) is 5. The SMILES string of the molecule is CCCNc1cc2nc(Nc3ccccc3C(C)(F)F)[nH]c2cc1C(=O)Nc1ccc2cn[nH]c2c1. The zero-order chi connectivity index (χ0) is 25.3. The number of carbonyl (C=O) groups is 1.